The molecule has 2 saturated heterocycles. The maximum Gasteiger partial charge on any atom is 0.152 e. The molecule has 3 heterocycles. The van der Waals surface area contributed by atoms with Crippen LogP contribution in [0.1, 0.15) is 5.56 Å². The monoisotopic (exact) mass is 527 g/mol. The van der Waals surface area contributed by atoms with Gasteiger partial charge in [-0.25, -0.2) is 13.4 Å². The van der Waals surface area contributed by atoms with E-state index >= 15 is 0 Å². The van der Waals surface area contributed by atoms with Crippen LogP contribution in [0.4, 0.5) is 5.69 Å². The summed E-state index contributed by atoms with van der Waals surface area (Å²) < 4.78 is 23.4. The maximum absolute atomic E-state index is 11.7. The molecule has 4 aromatic rings. The van der Waals surface area contributed by atoms with E-state index in [-0.39, 0.29) is 11.5 Å². The molecule has 6 rings (SSSR count). The number of hydrogen-bond acceptors (Lipinski definition) is 7. The molecule has 3 aromatic carbocycles. The Morgan fingerprint density at radius 2 is 1.47 bits per heavy atom. The minimum absolute atomic E-state index is 0.251. The fourth-order valence-electron chi connectivity index (χ4n) is 5.27. The molecule has 7 nitrogen and oxygen atoms in total. The van der Waals surface area contributed by atoms with E-state index in [0.717, 1.165) is 66.1 Å². The Morgan fingerprint density at radius 1 is 0.789 bits per heavy atom. The largest absolute Gasteiger partial charge is 0.369 e. The normalized spacial score (nSPS) is 18.6. The summed E-state index contributed by atoms with van der Waals surface area (Å²) in [4.78, 5) is 16.8. The molecule has 38 heavy (non-hydrogen) atoms. The first-order valence-electron chi connectivity index (χ1n) is 13.3. The van der Waals surface area contributed by atoms with Gasteiger partial charge in [0.15, 0.2) is 9.84 Å². The standard InChI is InChI=1S/C30H33N5O2S/c1-33-13-15-35(16-14-33)26-11-9-25(10-12-26)29-21-31-28-4-2-3-27(30(28)32-29)24-7-5-23(6-8-24)22-34-17-19-38(36,37)20-18-34/h2-12,21H,13-20,22H2,1H3. The fourth-order valence-corrected chi connectivity index (χ4v) is 6.55. The number of benzene rings is 3. The van der Waals surface area contributed by atoms with Crippen molar-refractivity contribution >= 4 is 26.6 Å². The summed E-state index contributed by atoms with van der Waals surface area (Å²) in [6, 6.07) is 23.3. The SMILES string of the molecule is CN1CCN(c2ccc(-c3cnc4cccc(-c5ccc(CN6CCS(=O)(=O)CC6)cc5)c4n3)cc2)CC1. The lowest BCUT2D eigenvalue weighted by Gasteiger charge is -2.34. The predicted octanol–water partition coefficient (Wildman–Crippen LogP) is 3.95. The van der Waals surface area contributed by atoms with Gasteiger partial charge in [0.25, 0.3) is 0 Å². The number of aromatic nitrogens is 2. The molecule has 196 valence electrons. The second kappa shape index (κ2) is 10.4. The van der Waals surface area contributed by atoms with E-state index in [1.54, 1.807) is 0 Å². The van der Waals surface area contributed by atoms with Crippen molar-refractivity contribution in [1.82, 2.24) is 19.8 Å². The molecule has 0 amide bonds. The Balaban J connectivity index is 1.22. The second-order valence-electron chi connectivity index (χ2n) is 10.4. The minimum Gasteiger partial charge on any atom is -0.369 e. The van der Waals surface area contributed by atoms with Gasteiger partial charge in [0.1, 0.15) is 0 Å². The highest BCUT2D eigenvalue weighted by molar-refractivity contribution is 7.91. The van der Waals surface area contributed by atoms with Gasteiger partial charge in [-0.05, 0) is 36.4 Å². The average molecular weight is 528 g/mol. The molecule has 0 bridgehead atoms. The zero-order chi connectivity index (χ0) is 26.1. The summed E-state index contributed by atoms with van der Waals surface area (Å²) in [5.41, 5.74) is 8.28. The second-order valence-corrected chi connectivity index (χ2v) is 12.7. The molecule has 0 N–H and O–H groups in total. The topological polar surface area (TPSA) is 69.6 Å². The zero-order valence-electron chi connectivity index (χ0n) is 21.8. The van der Waals surface area contributed by atoms with E-state index < -0.39 is 9.84 Å². The first-order chi connectivity index (χ1) is 18.4. The number of hydrogen-bond donors (Lipinski definition) is 0. The Kier molecular flexibility index (Phi) is 6.86. The molecule has 1 aromatic heterocycles. The van der Waals surface area contributed by atoms with Crippen LogP contribution in [-0.4, -0.2) is 86.0 Å². The number of rotatable bonds is 5. The predicted molar refractivity (Wildman–Crippen MR) is 154 cm³/mol. The van der Waals surface area contributed by atoms with E-state index in [4.69, 9.17) is 9.97 Å². The van der Waals surface area contributed by atoms with Gasteiger partial charge >= 0.3 is 0 Å². The number of para-hydroxylation sites is 1. The molecule has 0 spiro atoms. The number of nitrogens with zero attached hydrogens (tertiary/aromatic N) is 5. The van der Waals surface area contributed by atoms with Gasteiger partial charge in [0, 0.05) is 62.6 Å². The van der Waals surface area contributed by atoms with Gasteiger partial charge < -0.3 is 9.80 Å². The minimum atomic E-state index is -2.86. The third kappa shape index (κ3) is 5.43. The molecule has 0 atom stereocenters. The van der Waals surface area contributed by atoms with E-state index in [1.807, 2.05) is 18.3 Å². The van der Waals surface area contributed by atoms with Crippen molar-refractivity contribution in [2.45, 2.75) is 6.54 Å². The van der Waals surface area contributed by atoms with Crippen LogP contribution < -0.4 is 4.90 Å². The van der Waals surface area contributed by atoms with Crippen LogP contribution in [0.5, 0.6) is 0 Å². The summed E-state index contributed by atoms with van der Waals surface area (Å²) in [5.74, 6) is 0.501. The number of anilines is 1. The van der Waals surface area contributed by atoms with Crippen molar-refractivity contribution in [3.05, 3.63) is 78.5 Å². The maximum atomic E-state index is 11.7. The highest BCUT2D eigenvalue weighted by atomic mass is 32.2. The summed E-state index contributed by atoms with van der Waals surface area (Å²) in [6.45, 7) is 6.24. The number of likely N-dealkylation sites (N-methyl/N-ethyl adjacent to an activating group) is 1. The number of piperazine rings is 1. The van der Waals surface area contributed by atoms with Crippen LogP contribution in [0.15, 0.2) is 72.9 Å². The lowest BCUT2D eigenvalue weighted by molar-refractivity contribution is 0.287. The molecule has 2 aliphatic heterocycles. The zero-order valence-corrected chi connectivity index (χ0v) is 22.6. The smallest absolute Gasteiger partial charge is 0.152 e. The third-order valence-electron chi connectivity index (χ3n) is 7.71. The van der Waals surface area contributed by atoms with Crippen molar-refractivity contribution in [3.63, 3.8) is 0 Å². The Morgan fingerprint density at radius 3 is 2.18 bits per heavy atom. The van der Waals surface area contributed by atoms with E-state index in [9.17, 15) is 8.42 Å². The molecule has 0 aliphatic carbocycles. The van der Waals surface area contributed by atoms with Gasteiger partial charge in [-0.15, -0.1) is 0 Å². The summed E-state index contributed by atoms with van der Waals surface area (Å²) in [6.07, 6.45) is 1.86. The van der Waals surface area contributed by atoms with Crippen LogP contribution >= 0.6 is 0 Å². The Labute approximate surface area is 224 Å². The molecule has 2 aliphatic rings. The average Bonchev–Trinajstić information content (AvgIpc) is 2.95. The van der Waals surface area contributed by atoms with Gasteiger partial charge in [0.2, 0.25) is 0 Å². The highest BCUT2D eigenvalue weighted by Crippen LogP contribution is 2.30. The third-order valence-corrected chi connectivity index (χ3v) is 9.32. The van der Waals surface area contributed by atoms with E-state index in [2.05, 4.69) is 76.3 Å². The van der Waals surface area contributed by atoms with Crippen molar-refractivity contribution < 1.29 is 8.42 Å². The van der Waals surface area contributed by atoms with Crippen LogP contribution in [0, 0.1) is 0 Å². The first-order valence-corrected chi connectivity index (χ1v) is 15.1. The Hall–Kier alpha value is -3.33. The van der Waals surface area contributed by atoms with Crippen molar-refractivity contribution in [1.29, 1.82) is 0 Å². The molecule has 2 fully saturated rings. The molecule has 0 unspecified atom stereocenters. The van der Waals surface area contributed by atoms with E-state index in [1.165, 1.54) is 11.3 Å². The Bertz CT molecular complexity index is 1520. The lowest BCUT2D eigenvalue weighted by atomic mass is 10.0. The lowest BCUT2D eigenvalue weighted by Crippen LogP contribution is -2.44. The van der Waals surface area contributed by atoms with Gasteiger partial charge in [0.05, 0.1) is 34.4 Å². The fraction of sp³-hybridized carbons (Fsp3) is 0.333. The van der Waals surface area contributed by atoms with Gasteiger partial charge in [-0.2, -0.15) is 0 Å². The summed E-state index contributed by atoms with van der Waals surface area (Å²) >= 11 is 0. The van der Waals surface area contributed by atoms with Crippen LogP contribution in [-0.2, 0) is 16.4 Å². The van der Waals surface area contributed by atoms with Crippen LogP contribution in [0.25, 0.3) is 33.4 Å². The quantitative estimate of drug-likeness (QED) is 0.389. The van der Waals surface area contributed by atoms with Gasteiger partial charge in [-0.3, -0.25) is 9.88 Å². The number of sulfone groups is 1. The molecular formula is C30H33N5O2S. The highest BCUT2D eigenvalue weighted by Gasteiger charge is 2.21. The van der Waals surface area contributed by atoms with Crippen molar-refractivity contribution in [2.24, 2.45) is 0 Å². The number of fused-ring (bicyclic) bond motifs is 1. The molecule has 0 saturated carbocycles. The van der Waals surface area contributed by atoms with Crippen LogP contribution in [0.2, 0.25) is 0 Å². The van der Waals surface area contributed by atoms with Gasteiger partial charge in [-0.1, -0.05) is 48.5 Å². The van der Waals surface area contributed by atoms with Crippen LogP contribution in [0.3, 0.4) is 0 Å². The van der Waals surface area contributed by atoms with Crippen molar-refractivity contribution in [2.75, 3.05) is 62.7 Å². The molecule has 8 heteroatoms. The summed E-state index contributed by atoms with van der Waals surface area (Å²) in [7, 11) is -0.689. The molecular weight excluding hydrogens is 494 g/mol. The summed E-state index contributed by atoms with van der Waals surface area (Å²) in [5, 5.41) is 0. The van der Waals surface area contributed by atoms with Crippen molar-refractivity contribution in [3.8, 4) is 22.4 Å². The van der Waals surface area contributed by atoms with E-state index in [0.29, 0.717) is 13.1 Å². The first kappa shape index (κ1) is 25.0. The molecule has 0 radical (unpaired) electrons.